The molecule has 0 atom stereocenters. The molecule has 0 aliphatic heterocycles. The van der Waals surface area contributed by atoms with Crippen LogP contribution in [0.3, 0.4) is 0 Å². The summed E-state index contributed by atoms with van der Waals surface area (Å²) in [4.78, 5) is 0. The molecule has 0 radical (unpaired) electrons. The number of nitrogens with one attached hydrogen (secondary N) is 1. The van der Waals surface area contributed by atoms with E-state index in [0.29, 0.717) is 13.2 Å². The van der Waals surface area contributed by atoms with Crippen LogP contribution in [0.5, 0.6) is 5.75 Å². The summed E-state index contributed by atoms with van der Waals surface area (Å²) >= 11 is 0. The average molecular weight is 291 g/mol. The minimum Gasteiger partial charge on any atom is -0.497 e. The van der Waals surface area contributed by atoms with Crippen molar-refractivity contribution in [2.45, 2.75) is 19.5 Å². The molecule has 2 rings (SSSR count). The second kappa shape index (κ2) is 8.33. The predicted molar refractivity (Wildman–Crippen MR) is 78.1 cm³/mol. The standard InChI is InChI=1S/C14H21N5O2/c1-20-9-7-15-11-14-16-17-18-19(14)8-6-12-4-3-5-13(10-12)21-2/h3-5,10,15H,6-9,11H2,1-2H3. The van der Waals surface area contributed by atoms with E-state index < -0.39 is 0 Å². The number of rotatable bonds is 9. The summed E-state index contributed by atoms with van der Waals surface area (Å²) in [6.45, 7) is 2.82. The summed E-state index contributed by atoms with van der Waals surface area (Å²) in [6, 6.07) is 8.02. The molecule has 1 N–H and O–H groups in total. The highest BCUT2D eigenvalue weighted by molar-refractivity contribution is 5.28. The van der Waals surface area contributed by atoms with Crippen LogP contribution in [0.15, 0.2) is 24.3 Å². The molecule has 1 aromatic carbocycles. The molecule has 2 aromatic rings. The Morgan fingerprint density at radius 2 is 2.19 bits per heavy atom. The second-order valence-electron chi connectivity index (χ2n) is 4.59. The van der Waals surface area contributed by atoms with Gasteiger partial charge in [0.05, 0.1) is 20.3 Å². The van der Waals surface area contributed by atoms with E-state index in [-0.39, 0.29) is 0 Å². The van der Waals surface area contributed by atoms with Crippen LogP contribution in [0.4, 0.5) is 0 Å². The zero-order chi connectivity index (χ0) is 14.9. The van der Waals surface area contributed by atoms with Crippen molar-refractivity contribution in [3.8, 4) is 5.75 Å². The van der Waals surface area contributed by atoms with Gasteiger partial charge >= 0.3 is 0 Å². The van der Waals surface area contributed by atoms with Crippen LogP contribution in [0.1, 0.15) is 11.4 Å². The molecule has 0 fully saturated rings. The lowest BCUT2D eigenvalue weighted by atomic mass is 10.1. The van der Waals surface area contributed by atoms with Crippen molar-refractivity contribution in [2.24, 2.45) is 0 Å². The number of hydrogen-bond donors (Lipinski definition) is 1. The molecule has 0 unspecified atom stereocenters. The van der Waals surface area contributed by atoms with Crippen molar-refractivity contribution in [1.29, 1.82) is 0 Å². The lowest BCUT2D eigenvalue weighted by molar-refractivity contribution is 0.198. The molecule has 1 heterocycles. The van der Waals surface area contributed by atoms with Crippen LogP contribution < -0.4 is 10.1 Å². The molecule has 114 valence electrons. The van der Waals surface area contributed by atoms with Gasteiger partial charge in [0.1, 0.15) is 5.75 Å². The van der Waals surface area contributed by atoms with Crippen molar-refractivity contribution in [3.63, 3.8) is 0 Å². The van der Waals surface area contributed by atoms with E-state index in [1.807, 2.05) is 22.9 Å². The third kappa shape index (κ3) is 4.80. The Hall–Kier alpha value is -1.99. The van der Waals surface area contributed by atoms with Crippen LogP contribution >= 0.6 is 0 Å². The molecule has 1 aromatic heterocycles. The Labute approximate surface area is 124 Å². The Balaban J connectivity index is 1.86. The summed E-state index contributed by atoms with van der Waals surface area (Å²) in [5, 5.41) is 15.0. The van der Waals surface area contributed by atoms with E-state index in [1.165, 1.54) is 5.56 Å². The van der Waals surface area contributed by atoms with Crippen molar-refractivity contribution in [2.75, 3.05) is 27.4 Å². The molecular formula is C14H21N5O2. The fourth-order valence-electron chi connectivity index (χ4n) is 1.96. The number of ether oxygens (including phenoxy) is 2. The van der Waals surface area contributed by atoms with Crippen LogP contribution in [-0.2, 0) is 24.2 Å². The summed E-state index contributed by atoms with van der Waals surface area (Å²) in [6.07, 6.45) is 0.854. The molecule has 7 nitrogen and oxygen atoms in total. The van der Waals surface area contributed by atoms with Gasteiger partial charge in [-0.25, -0.2) is 4.68 Å². The Kier molecular flexibility index (Phi) is 6.11. The molecule has 0 aliphatic rings. The fourth-order valence-corrected chi connectivity index (χ4v) is 1.96. The van der Waals surface area contributed by atoms with Gasteiger partial charge in [-0.2, -0.15) is 0 Å². The first-order valence-corrected chi connectivity index (χ1v) is 6.91. The van der Waals surface area contributed by atoms with Crippen molar-refractivity contribution < 1.29 is 9.47 Å². The van der Waals surface area contributed by atoms with Crippen LogP contribution in [-0.4, -0.2) is 47.6 Å². The number of tetrazole rings is 1. The maximum Gasteiger partial charge on any atom is 0.165 e. The van der Waals surface area contributed by atoms with Gasteiger partial charge in [-0.1, -0.05) is 12.1 Å². The minimum absolute atomic E-state index is 0.633. The lowest BCUT2D eigenvalue weighted by Gasteiger charge is -2.07. The summed E-state index contributed by atoms with van der Waals surface area (Å²) in [7, 11) is 3.35. The maximum absolute atomic E-state index is 5.22. The van der Waals surface area contributed by atoms with Crippen LogP contribution in [0.2, 0.25) is 0 Å². The monoisotopic (exact) mass is 291 g/mol. The van der Waals surface area contributed by atoms with E-state index in [9.17, 15) is 0 Å². The number of nitrogens with zero attached hydrogens (tertiary/aromatic N) is 4. The van der Waals surface area contributed by atoms with E-state index in [0.717, 1.165) is 31.1 Å². The number of methoxy groups -OCH3 is 2. The first kappa shape index (κ1) is 15.4. The van der Waals surface area contributed by atoms with E-state index in [2.05, 4.69) is 26.9 Å². The number of aryl methyl sites for hydroxylation is 2. The Bertz CT molecular complexity index is 544. The number of hydrogen-bond acceptors (Lipinski definition) is 6. The summed E-state index contributed by atoms with van der Waals surface area (Å²) in [5.74, 6) is 1.69. The Morgan fingerprint density at radius 1 is 1.29 bits per heavy atom. The van der Waals surface area contributed by atoms with Gasteiger partial charge in [0.15, 0.2) is 5.82 Å². The first-order valence-electron chi connectivity index (χ1n) is 6.91. The number of aromatic nitrogens is 4. The maximum atomic E-state index is 5.22. The minimum atomic E-state index is 0.633. The quantitative estimate of drug-likeness (QED) is 0.684. The largest absolute Gasteiger partial charge is 0.497 e. The third-order valence-electron chi connectivity index (χ3n) is 3.12. The first-order chi connectivity index (χ1) is 10.3. The van der Waals surface area contributed by atoms with E-state index in [1.54, 1.807) is 14.2 Å². The molecular weight excluding hydrogens is 270 g/mol. The second-order valence-corrected chi connectivity index (χ2v) is 4.59. The van der Waals surface area contributed by atoms with E-state index >= 15 is 0 Å². The number of benzene rings is 1. The van der Waals surface area contributed by atoms with Gasteiger partial charge in [0, 0.05) is 20.2 Å². The normalized spacial score (nSPS) is 10.8. The van der Waals surface area contributed by atoms with Crippen molar-refractivity contribution in [1.82, 2.24) is 25.5 Å². The van der Waals surface area contributed by atoms with Crippen molar-refractivity contribution in [3.05, 3.63) is 35.7 Å². The molecule has 0 saturated carbocycles. The van der Waals surface area contributed by atoms with Gasteiger partial charge in [-0.15, -0.1) is 5.10 Å². The third-order valence-corrected chi connectivity index (χ3v) is 3.12. The van der Waals surface area contributed by atoms with Crippen LogP contribution in [0.25, 0.3) is 0 Å². The molecule has 21 heavy (non-hydrogen) atoms. The van der Waals surface area contributed by atoms with E-state index in [4.69, 9.17) is 9.47 Å². The molecule has 0 amide bonds. The fraction of sp³-hybridized carbons (Fsp3) is 0.500. The Morgan fingerprint density at radius 3 is 3.00 bits per heavy atom. The van der Waals surface area contributed by atoms with Crippen LogP contribution in [0, 0.1) is 0 Å². The molecule has 0 bridgehead atoms. The zero-order valence-corrected chi connectivity index (χ0v) is 12.5. The van der Waals surface area contributed by atoms with Crippen molar-refractivity contribution >= 4 is 0 Å². The summed E-state index contributed by atoms with van der Waals surface area (Å²) < 4.78 is 12.0. The molecule has 0 saturated heterocycles. The smallest absolute Gasteiger partial charge is 0.165 e. The molecule has 7 heteroatoms. The highest BCUT2D eigenvalue weighted by Crippen LogP contribution is 2.13. The van der Waals surface area contributed by atoms with Gasteiger partial charge in [-0.05, 0) is 34.5 Å². The average Bonchev–Trinajstić information content (AvgIpc) is 2.97. The van der Waals surface area contributed by atoms with Gasteiger partial charge < -0.3 is 14.8 Å². The molecule has 0 aliphatic carbocycles. The lowest BCUT2D eigenvalue weighted by Crippen LogP contribution is -2.21. The highest BCUT2D eigenvalue weighted by atomic mass is 16.5. The van der Waals surface area contributed by atoms with Gasteiger partial charge in [0.25, 0.3) is 0 Å². The predicted octanol–water partition coefficient (Wildman–Crippen LogP) is 0.660. The van der Waals surface area contributed by atoms with Gasteiger partial charge in [-0.3, -0.25) is 0 Å². The van der Waals surface area contributed by atoms with Gasteiger partial charge in [0.2, 0.25) is 0 Å². The SMILES string of the molecule is COCCNCc1nnnn1CCc1cccc(OC)c1. The molecule has 0 spiro atoms. The summed E-state index contributed by atoms with van der Waals surface area (Å²) in [5.41, 5.74) is 1.20. The highest BCUT2D eigenvalue weighted by Gasteiger charge is 2.06. The zero-order valence-electron chi connectivity index (χ0n) is 12.5. The topological polar surface area (TPSA) is 74.1 Å².